The van der Waals surface area contributed by atoms with E-state index in [9.17, 15) is 13.2 Å². The third-order valence-corrected chi connectivity index (χ3v) is 4.05. The Labute approximate surface area is 116 Å². The van der Waals surface area contributed by atoms with Gasteiger partial charge >= 0.3 is 6.18 Å². The maximum atomic E-state index is 12.7. The van der Waals surface area contributed by atoms with E-state index in [4.69, 9.17) is 5.73 Å². The minimum absolute atomic E-state index is 0.237. The summed E-state index contributed by atoms with van der Waals surface area (Å²) in [5.74, 6) is 1.38. The predicted octanol–water partition coefficient (Wildman–Crippen LogP) is 3.91. The molecule has 0 unspecified atom stereocenters. The van der Waals surface area contributed by atoms with Gasteiger partial charge in [-0.2, -0.15) is 13.2 Å². The number of alkyl halides is 3. The number of halogens is 3. The van der Waals surface area contributed by atoms with Crippen molar-refractivity contribution in [3.8, 4) is 0 Å². The van der Waals surface area contributed by atoms with Crippen LogP contribution in [0.1, 0.15) is 31.2 Å². The highest BCUT2D eigenvalue weighted by Crippen LogP contribution is 2.39. The number of hydrogen-bond donors (Lipinski definition) is 1. The Balaban J connectivity index is 1.81. The Bertz CT molecular complexity index is 476. The lowest BCUT2D eigenvalue weighted by Crippen LogP contribution is -2.29. The number of nitrogens with two attached hydrogens (primary N) is 1. The first kappa shape index (κ1) is 13.6. The normalized spacial score (nSPS) is 19.1. The molecular formula is C15H19F3N2. The van der Waals surface area contributed by atoms with E-state index in [1.165, 1.54) is 31.7 Å². The first-order valence-corrected chi connectivity index (χ1v) is 7.15. The van der Waals surface area contributed by atoms with Crippen LogP contribution >= 0.6 is 0 Å². The van der Waals surface area contributed by atoms with Gasteiger partial charge in [0.2, 0.25) is 0 Å². The molecule has 0 aromatic heterocycles. The summed E-state index contributed by atoms with van der Waals surface area (Å²) < 4.78 is 38.0. The minimum Gasteiger partial charge on any atom is -0.397 e. The highest BCUT2D eigenvalue weighted by Gasteiger charge is 2.33. The van der Waals surface area contributed by atoms with Gasteiger partial charge in [0, 0.05) is 13.1 Å². The fraction of sp³-hybridized carbons (Fsp3) is 0.600. The van der Waals surface area contributed by atoms with E-state index in [0.717, 1.165) is 30.9 Å². The molecule has 20 heavy (non-hydrogen) atoms. The van der Waals surface area contributed by atoms with Crippen LogP contribution in [0.5, 0.6) is 0 Å². The molecule has 0 radical (unpaired) electrons. The highest BCUT2D eigenvalue weighted by molar-refractivity contribution is 5.69. The number of hydrogen-bond acceptors (Lipinski definition) is 2. The second kappa shape index (κ2) is 4.86. The fourth-order valence-electron chi connectivity index (χ4n) is 2.51. The van der Waals surface area contributed by atoms with Gasteiger partial charge in [-0.1, -0.05) is 0 Å². The molecule has 1 aromatic rings. The maximum Gasteiger partial charge on any atom is 0.416 e. The lowest BCUT2D eigenvalue weighted by atomic mass is 10.1. The van der Waals surface area contributed by atoms with E-state index in [1.807, 2.05) is 0 Å². The van der Waals surface area contributed by atoms with Gasteiger partial charge in [0.15, 0.2) is 0 Å². The van der Waals surface area contributed by atoms with E-state index in [1.54, 1.807) is 0 Å². The lowest BCUT2D eigenvalue weighted by molar-refractivity contribution is -0.137. The van der Waals surface area contributed by atoms with Crippen LogP contribution < -0.4 is 10.6 Å². The van der Waals surface area contributed by atoms with E-state index in [-0.39, 0.29) is 5.69 Å². The van der Waals surface area contributed by atoms with Crippen molar-refractivity contribution in [1.82, 2.24) is 0 Å². The summed E-state index contributed by atoms with van der Waals surface area (Å²) in [6.45, 7) is 1.85. The number of anilines is 2. The van der Waals surface area contributed by atoms with Crippen LogP contribution in [0.4, 0.5) is 24.5 Å². The molecule has 2 aliphatic rings. The number of benzene rings is 1. The first-order valence-electron chi connectivity index (χ1n) is 7.15. The summed E-state index contributed by atoms with van der Waals surface area (Å²) >= 11 is 0. The van der Waals surface area contributed by atoms with Crippen molar-refractivity contribution in [3.05, 3.63) is 23.8 Å². The number of nitrogens with zero attached hydrogens (tertiary/aromatic N) is 1. The standard InChI is InChI=1S/C15H19F3N2/c16-15(17,18)12-5-6-14(13(19)7-12)20(8-10-1-2-10)9-11-3-4-11/h5-7,10-11H,1-4,8-9,19H2. The monoisotopic (exact) mass is 284 g/mol. The molecule has 110 valence electrons. The van der Waals surface area contributed by atoms with Crippen molar-refractivity contribution in [2.75, 3.05) is 23.7 Å². The quantitative estimate of drug-likeness (QED) is 0.830. The maximum absolute atomic E-state index is 12.7. The van der Waals surface area contributed by atoms with Crippen LogP contribution in [0.15, 0.2) is 18.2 Å². The molecule has 0 spiro atoms. The third-order valence-electron chi connectivity index (χ3n) is 4.05. The van der Waals surface area contributed by atoms with Gasteiger partial charge in [0.1, 0.15) is 0 Å². The summed E-state index contributed by atoms with van der Waals surface area (Å²) in [6.07, 6.45) is 0.567. The number of rotatable bonds is 5. The summed E-state index contributed by atoms with van der Waals surface area (Å²) in [7, 11) is 0. The minimum atomic E-state index is -4.33. The molecular weight excluding hydrogens is 265 g/mol. The molecule has 2 aliphatic carbocycles. The van der Waals surface area contributed by atoms with E-state index in [2.05, 4.69) is 4.90 Å². The number of nitrogen functional groups attached to an aromatic ring is 1. The molecule has 0 amide bonds. The molecule has 0 aliphatic heterocycles. The fourth-order valence-corrected chi connectivity index (χ4v) is 2.51. The highest BCUT2D eigenvalue weighted by atomic mass is 19.4. The van der Waals surface area contributed by atoms with Crippen LogP contribution in [0, 0.1) is 11.8 Å². The van der Waals surface area contributed by atoms with Gasteiger partial charge in [0.05, 0.1) is 16.9 Å². The second-order valence-corrected chi connectivity index (χ2v) is 6.06. The van der Waals surface area contributed by atoms with Crippen LogP contribution in [0.2, 0.25) is 0 Å². The molecule has 0 atom stereocenters. The van der Waals surface area contributed by atoms with E-state index in [0.29, 0.717) is 11.8 Å². The Kier molecular flexibility index (Phi) is 3.30. The lowest BCUT2D eigenvalue weighted by Gasteiger charge is -2.26. The van der Waals surface area contributed by atoms with Gasteiger partial charge in [0.25, 0.3) is 0 Å². The Hall–Kier alpha value is -1.39. The first-order chi connectivity index (χ1) is 9.43. The molecule has 0 saturated heterocycles. The van der Waals surface area contributed by atoms with Crippen molar-refractivity contribution >= 4 is 11.4 Å². The average molecular weight is 284 g/mol. The largest absolute Gasteiger partial charge is 0.416 e. The van der Waals surface area contributed by atoms with Crippen molar-refractivity contribution in [1.29, 1.82) is 0 Å². The van der Waals surface area contributed by atoms with Crippen LogP contribution in [-0.2, 0) is 6.18 Å². The molecule has 1 aromatic carbocycles. The molecule has 2 fully saturated rings. The van der Waals surface area contributed by atoms with Crippen molar-refractivity contribution in [2.24, 2.45) is 11.8 Å². The van der Waals surface area contributed by atoms with E-state index >= 15 is 0 Å². The van der Waals surface area contributed by atoms with Gasteiger partial charge in [-0.25, -0.2) is 0 Å². The summed E-state index contributed by atoms with van der Waals surface area (Å²) in [5.41, 5.74) is 6.20. The van der Waals surface area contributed by atoms with Gasteiger partial charge in [-0.05, 0) is 55.7 Å². The zero-order valence-corrected chi connectivity index (χ0v) is 11.3. The SMILES string of the molecule is Nc1cc(C(F)(F)F)ccc1N(CC1CC1)CC1CC1. The molecule has 5 heteroatoms. The van der Waals surface area contributed by atoms with Gasteiger partial charge in [-0.15, -0.1) is 0 Å². The smallest absolute Gasteiger partial charge is 0.397 e. The zero-order valence-electron chi connectivity index (χ0n) is 11.3. The van der Waals surface area contributed by atoms with E-state index < -0.39 is 11.7 Å². The van der Waals surface area contributed by atoms with Gasteiger partial charge < -0.3 is 10.6 Å². The summed E-state index contributed by atoms with van der Waals surface area (Å²) in [4.78, 5) is 2.19. The van der Waals surface area contributed by atoms with Crippen LogP contribution in [-0.4, -0.2) is 13.1 Å². The van der Waals surface area contributed by atoms with Crippen LogP contribution in [0.3, 0.4) is 0 Å². The molecule has 0 bridgehead atoms. The second-order valence-electron chi connectivity index (χ2n) is 6.06. The molecule has 3 rings (SSSR count). The van der Waals surface area contributed by atoms with Crippen LogP contribution in [0.25, 0.3) is 0 Å². The Morgan fingerprint density at radius 2 is 1.60 bits per heavy atom. The third kappa shape index (κ3) is 3.19. The molecule has 0 heterocycles. The Morgan fingerprint density at radius 1 is 1.05 bits per heavy atom. The average Bonchev–Trinajstić information content (AvgIpc) is 3.22. The molecule has 2 N–H and O–H groups in total. The molecule has 2 saturated carbocycles. The van der Waals surface area contributed by atoms with Crippen molar-refractivity contribution in [2.45, 2.75) is 31.9 Å². The Morgan fingerprint density at radius 3 is 2.00 bits per heavy atom. The summed E-state index contributed by atoms with van der Waals surface area (Å²) in [6, 6.07) is 3.73. The van der Waals surface area contributed by atoms with Crippen molar-refractivity contribution in [3.63, 3.8) is 0 Å². The van der Waals surface area contributed by atoms with Crippen molar-refractivity contribution < 1.29 is 13.2 Å². The summed E-state index contributed by atoms with van der Waals surface area (Å²) in [5, 5.41) is 0. The van der Waals surface area contributed by atoms with Gasteiger partial charge in [-0.3, -0.25) is 0 Å². The predicted molar refractivity (Wildman–Crippen MR) is 73.5 cm³/mol. The molecule has 2 nitrogen and oxygen atoms in total. The topological polar surface area (TPSA) is 29.3 Å². The zero-order chi connectivity index (χ0) is 14.3.